The van der Waals surface area contributed by atoms with Gasteiger partial charge >= 0.3 is 0 Å². The Morgan fingerprint density at radius 3 is 3.00 bits per heavy atom. The molecule has 2 nitrogen and oxygen atoms in total. The average molecular weight is 151 g/mol. The van der Waals surface area contributed by atoms with Gasteiger partial charge < -0.3 is 9.84 Å². The summed E-state index contributed by atoms with van der Waals surface area (Å²) in [6, 6.07) is 10.3. The SMILES string of the molecule is OCCCOc1[c]cccc1. The summed E-state index contributed by atoms with van der Waals surface area (Å²) in [5, 5.41) is 8.45. The fraction of sp³-hybridized carbons (Fsp3) is 0.333. The van der Waals surface area contributed by atoms with Crippen LogP contribution >= 0.6 is 0 Å². The van der Waals surface area contributed by atoms with Crippen LogP contribution < -0.4 is 4.74 Å². The van der Waals surface area contributed by atoms with Crippen LogP contribution in [0.5, 0.6) is 5.75 Å². The maximum absolute atomic E-state index is 8.45. The van der Waals surface area contributed by atoms with E-state index in [0.717, 1.165) is 5.75 Å². The highest BCUT2D eigenvalue weighted by atomic mass is 16.5. The van der Waals surface area contributed by atoms with Crippen LogP contribution in [0.1, 0.15) is 6.42 Å². The Kier molecular flexibility index (Phi) is 3.48. The van der Waals surface area contributed by atoms with Crippen LogP contribution in [-0.2, 0) is 0 Å². The van der Waals surface area contributed by atoms with E-state index in [1.165, 1.54) is 0 Å². The molecule has 0 aliphatic rings. The van der Waals surface area contributed by atoms with Crippen molar-refractivity contribution in [3.8, 4) is 5.75 Å². The number of ether oxygens (including phenoxy) is 1. The standard InChI is InChI=1S/C9H11O2/c10-7-4-8-11-9-5-2-1-3-6-9/h1-3,5,10H,4,7-8H2. The molecule has 0 fully saturated rings. The average Bonchev–Trinajstić information content (AvgIpc) is 2.07. The van der Waals surface area contributed by atoms with E-state index in [-0.39, 0.29) is 6.61 Å². The summed E-state index contributed by atoms with van der Waals surface area (Å²) in [5.41, 5.74) is 0. The Bertz CT molecular complexity index is 184. The molecule has 2 heteroatoms. The lowest BCUT2D eigenvalue weighted by atomic mass is 10.3. The molecule has 1 rings (SSSR count). The second-order valence-electron chi connectivity index (χ2n) is 2.15. The molecule has 0 aromatic heterocycles. The molecule has 0 saturated heterocycles. The second-order valence-corrected chi connectivity index (χ2v) is 2.15. The first-order valence-electron chi connectivity index (χ1n) is 3.64. The first kappa shape index (κ1) is 8.08. The van der Waals surface area contributed by atoms with Crippen LogP contribution in [0.2, 0.25) is 0 Å². The number of benzene rings is 1. The zero-order chi connectivity index (χ0) is 7.94. The normalized spacial score (nSPS) is 9.55. The zero-order valence-corrected chi connectivity index (χ0v) is 6.29. The third kappa shape index (κ3) is 3.05. The summed E-state index contributed by atoms with van der Waals surface area (Å²) in [4.78, 5) is 0. The molecule has 0 atom stereocenters. The van der Waals surface area contributed by atoms with E-state index in [0.29, 0.717) is 13.0 Å². The van der Waals surface area contributed by atoms with Gasteiger partial charge in [-0.25, -0.2) is 0 Å². The maximum Gasteiger partial charge on any atom is 0.127 e. The van der Waals surface area contributed by atoms with Crippen molar-refractivity contribution in [2.24, 2.45) is 0 Å². The molecular formula is C9H11O2. The monoisotopic (exact) mass is 151 g/mol. The number of para-hydroxylation sites is 1. The van der Waals surface area contributed by atoms with Crippen molar-refractivity contribution < 1.29 is 9.84 Å². The molecule has 0 heterocycles. The highest BCUT2D eigenvalue weighted by Crippen LogP contribution is 2.06. The van der Waals surface area contributed by atoms with Gasteiger partial charge in [0.25, 0.3) is 0 Å². The van der Waals surface area contributed by atoms with E-state index in [9.17, 15) is 0 Å². The van der Waals surface area contributed by atoms with Crippen molar-refractivity contribution in [2.75, 3.05) is 13.2 Å². The van der Waals surface area contributed by atoms with Crippen molar-refractivity contribution in [1.29, 1.82) is 0 Å². The van der Waals surface area contributed by atoms with Crippen molar-refractivity contribution in [3.05, 3.63) is 30.3 Å². The van der Waals surface area contributed by atoms with E-state index < -0.39 is 0 Å². The first-order valence-corrected chi connectivity index (χ1v) is 3.64. The number of hydrogen-bond acceptors (Lipinski definition) is 2. The lowest BCUT2D eigenvalue weighted by Crippen LogP contribution is -1.99. The minimum absolute atomic E-state index is 0.173. The lowest BCUT2D eigenvalue weighted by molar-refractivity contribution is 0.233. The van der Waals surface area contributed by atoms with Crippen LogP contribution in [0, 0.1) is 6.07 Å². The van der Waals surface area contributed by atoms with Gasteiger partial charge in [-0.05, 0) is 6.07 Å². The van der Waals surface area contributed by atoms with Crippen LogP contribution in [0.4, 0.5) is 0 Å². The Hall–Kier alpha value is -1.02. The van der Waals surface area contributed by atoms with Gasteiger partial charge in [-0.3, -0.25) is 0 Å². The predicted molar refractivity (Wildman–Crippen MR) is 42.5 cm³/mol. The number of hydrogen-bond donors (Lipinski definition) is 1. The van der Waals surface area contributed by atoms with Crippen LogP contribution in [0.25, 0.3) is 0 Å². The van der Waals surface area contributed by atoms with E-state index in [4.69, 9.17) is 9.84 Å². The second kappa shape index (κ2) is 4.74. The minimum Gasteiger partial charge on any atom is -0.493 e. The highest BCUT2D eigenvalue weighted by Gasteiger charge is 1.89. The first-order chi connectivity index (χ1) is 5.43. The molecule has 1 aromatic rings. The van der Waals surface area contributed by atoms with Gasteiger partial charge in [0.05, 0.1) is 6.61 Å². The van der Waals surface area contributed by atoms with Crippen molar-refractivity contribution in [2.45, 2.75) is 6.42 Å². The van der Waals surface area contributed by atoms with Gasteiger partial charge in [0, 0.05) is 19.1 Å². The molecule has 0 aliphatic carbocycles. The van der Waals surface area contributed by atoms with Gasteiger partial charge in [0.15, 0.2) is 0 Å². The number of rotatable bonds is 4. The summed E-state index contributed by atoms with van der Waals surface area (Å²) in [6.07, 6.45) is 0.669. The molecular weight excluding hydrogens is 140 g/mol. The van der Waals surface area contributed by atoms with Gasteiger partial charge in [-0.2, -0.15) is 0 Å². The molecule has 0 spiro atoms. The summed E-state index contributed by atoms with van der Waals surface area (Å²) >= 11 is 0. The van der Waals surface area contributed by atoms with Gasteiger partial charge in [-0.15, -0.1) is 0 Å². The topological polar surface area (TPSA) is 29.5 Å². The van der Waals surface area contributed by atoms with Crippen molar-refractivity contribution in [3.63, 3.8) is 0 Å². The van der Waals surface area contributed by atoms with Crippen LogP contribution in [0.15, 0.2) is 24.3 Å². The molecule has 0 saturated carbocycles. The van der Waals surface area contributed by atoms with E-state index in [1.807, 2.05) is 18.2 Å². The molecule has 0 aliphatic heterocycles. The predicted octanol–water partition coefficient (Wildman–Crippen LogP) is 1.25. The molecule has 11 heavy (non-hydrogen) atoms. The minimum atomic E-state index is 0.173. The Morgan fingerprint density at radius 2 is 2.36 bits per heavy atom. The Morgan fingerprint density at radius 1 is 1.45 bits per heavy atom. The molecule has 0 amide bonds. The lowest BCUT2D eigenvalue weighted by Gasteiger charge is -2.02. The van der Waals surface area contributed by atoms with E-state index in [1.54, 1.807) is 6.07 Å². The third-order valence-corrected chi connectivity index (χ3v) is 1.24. The molecule has 1 radical (unpaired) electrons. The fourth-order valence-corrected chi connectivity index (χ4v) is 0.713. The van der Waals surface area contributed by atoms with Gasteiger partial charge in [0.1, 0.15) is 5.75 Å². The third-order valence-electron chi connectivity index (χ3n) is 1.24. The number of aliphatic hydroxyl groups excluding tert-OH is 1. The smallest absolute Gasteiger partial charge is 0.127 e. The Labute approximate surface area is 66.4 Å². The molecule has 0 unspecified atom stereocenters. The molecule has 1 aromatic carbocycles. The highest BCUT2D eigenvalue weighted by molar-refractivity contribution is 5.19. The van der Waals surface area contributed by atoms with Crippen molar-refractivity contribution >= 4 is 0 Å². The van der Waals surface area contributed by atoms with Crippen LogP contribution in [0.3, 0.4) is 0 Å². The maximum atomic E-state index is 8.45. The summed E-state index contributed by atoms with van der Waals surface area (Å²) in [6.45, 7) is 0.726. The van der Waals surface area contributed by atoms with E-state index >= 15 is 0 Å². The van der Waals surface area contributed by atoms with E-state index in [2.05, 4.69) is 6.07 Å². The van der Waals surface area contributed by atoms with Gasteiger partial charge in [0.2, 0.25) is 0 Å². The number of aliphatic hydroxyl groups is 1. The van der Waals surface area contributed by atoms with Gasteiger partial charge in [-0.1, -0.05) is 18.2 Å². The van der Waals surface area contributed by atoms with Crippen LogP contribution in [-0.4, -0.2) is 18.3 Å². The summed E-state index contributed by atoms with van der Waals surface area (Å²) in [5.74, 6) is 0.737. The van der Waals surface area contributed by atoms with Crippen molar-refractivity contribution in [1.82, 2.24) is 0 Å². The Balaban J connectivity index is 2.28. The largest absolute Gasteiger partial charge is 0.493 e. The summed E-state index contributed by atoms with van der Waals surface area (Å²) in [7, 11) is 0. The quantitative estimate of drug-likeness (QED) is 0.656. The summed E-state index contributed by atoms with van der Waals surface area (Å²) < 4.78 is 5.23. The molecule has 59 valence electrons. The zero-order valence-electron chi connectivity index (χ0n) is 6.29. The fourth-order valence-electron chi connectivity index (χ4n) is 0.713. The molecule has 1 N–H and O–H groups in total. The molecule has 0 bridgehead atoms.